The highest BCUT2D eigenvalue weighted by atomic mass is 35.5. The van der Waals surface area contributed by atoms with E-state index in [1.54, 1.807) is 0 Å². The van der Waals surface area contributed by atoms with E-state index in [1.807, 2.05) is 25.1 Å². The standard InChI is InChI=1S/C17H29N3O.2ClH/c1-4-10-20(11-5-2)12-6-7-17(21)19-16-13-15(18)9-8-14(16)3;;/h8-9,13H,4-7,10-12,18H2,1-3H3,(H,19,21);2*1H. The maximum Gasteiger partial charge on any atom is 0.224 e. The quantitative estimate of drug-likeness (QED) is 0.644. The summed E-state index contributed by atoms with van der Waals surface area (Å²) in [5.74, 6) is 0.0663. The number of rotatable bonds is 9. The van der Waals surface area contributed by atoms with Crippen molar-refractivity contribution >= 4 is 42.1 Å². The summed E-state index contributed by atoms with van der Waals surface area (Å²) in [5.41, 5.74) is 8.28. The third-order valence-corrected chi connectivity index (χ3v) is 3.49. The monoisotopic (exact) mass is 363 g/mol. The second-order valence-corrected chi connectivity index (χ2v) is 5.57. The summed E-state index contributed by atoms with van der Waals surface area (Å²) >= 11 is 0. The van der Waals surface area contributed by atoms with Crippen molar-refractivity contribution in [1.82, 2.24) is 4.90 Å². The van der Waals surface area contributed by atoms with Crippen LogP contribution < -0.4 is 11.1 Å². The minimum Gasteiger partial charge on any atom is -0.399 e. The molecule has 4 nitrogen and oxygen atoms in total. The molecule has 0 spiro atoms. The predicted octanol–water partition coefficient (Wildman–Crippen LogP) is 4.26. The van der Waals surface area contributed by atoms with Gasteiger partial charge in [-0.2, -0.15) is 0 Å². The Hall–Kier alpha value is -0.970. The number of hydrogen-bond acceptors (Lipinski definition) is 3. The number of aryl methyl sites for hydroxylation is 1. The zero-order valence-electron chi connectivity index (χ0n) is 14.4. The molecule has 0 fully saturated rings. The van der Waals surface area contributed by atoms with Crippen molar-refractivity contribution in [1.29, 1.82) is 0 Å². The van der Waals surface area contributed by atoms with Gasteiger partial charge in [-0.1, -0.05) is 19.9 Å². The van der Waals surface area contributed by atoms with Gasteiger partial charge in [0.05, 0.1) is 0 Å². The molecule has 0 saturated heterocycles. The molecule has 0 bridgehead atoms. The average Bonchev–Trinajstić information content (AvgIpc) is 2.43. The van der Waals surface area contributed by atoms with Crippen LogP contribution in [0.15, 0.2) is 18.2 Å². The SMILES string of the molecule is CCCN(CCC)CCCC(=O)Nc1cc(N)ccc1C.Cl.Cl. The average molecular weight is 364 g/mol. The van der Waals surface area contributed by atoms with E-state index < -0.39 is 0 Å². The van der Waals surface area contributed by atoms with Crippen LogP contribution in [0.4, 0.5) is 11.4 Å². The summed E-state index contributed by atoms with van der Waals surface area (Å²) in [6.45, 7) is 9.58. The van der Waals surface area contributed by atoms with Crippen molar-refractivity contribution < 1.29 is 4.79 Å². The number of halogens is 2. The van der Waals surface area contributed by atoms with Crippen LogP contribution in [0.2, 0.25) is 0 Å². The Kier molecular flexibility index (Phi) is 14.2. The van der Waals surface area contributed by atoms with Gasteiger partial charge in [0.15, 0.2) is 0 Å². The molecule has 0 atom stereocenters. The summed E-state index contributed by atoms with van der Waals surface area (Å²) in [4.78, 5) is 14.4. The molecule has 0 heterocycles. The number of nitrogens with one attached hydrogen (secondary N) is 1. The minimum atomic E-state index is 0. The number of hydrogen-bond donors (Lipinski definition) is 2. The molecule has 1 rings (SSSR count). The fraction of sp³-hybridized carbons (Fsp3) is 0.588. The first-order valence-electron chi connectivity index (χ1n) is 7.95. The Morgan fingerprint density at radius 1 is 1.13 bits per heavy atom. The number of carbonyl (C=O) groups is 1. The number of carbonyl (C=O) groups excluding carboxylic acids is 1. The van der Waals surface area contributed by atoms with Gasteiger partial charge in [0.1, 0.15) is 0 Å². The third-order valence-electron chi connectivity index (χ3n) is 3.49. The van der Waals surface area contributed by atoms with E-state index >= 15 is 0 Å². The molecule has 0 aliphatic carbocycles. The number of nitrogens with two attached hydrogens (primary N) is 1. The topological polar surface area (TPSA) is 58.4 Å². The molecule has 3 N–H and O–H groups in total. The Morgan fingerprint density at radius 3 is 2.30 bits per heavy atom. The van der Waals surface area contributed by atoms with Gasteiger partial charge in [0, 0.05) is 17.8 Å². The highest BCUT2D eigenvalue weighted by Crippen LogP contribution is 2.18. The van der Waals surface area contributed by atoms with Crippen molar-refractivity contribution in [2.24, 2.45) is 0 Å². The van der Waals surface area contributed by atoms with Crippen molar-refractivity contribution in [3.05, 3.63) is 23.8 Å². The number of amides is 1. The summed E-state index contributed by atoms with van der Waals surface area (Å²) < 4.78 is 0. The fourth-order valence-electron chi connectivity index (χ4n) is 2.42. The molecule has 1 amide bonds. The molecule has 0 saturated carbocycles. The van der Waals surface area contributed by atoms with Crippen LogP contribution in [0.5, 0.6) is 0 Å². The second-order valence-electron chi connectivity index (χ2n) is 5.57. The molecule has 134 valence electrons. The lowest BCUT2D eigenvalue weighted by molar-refractivity contribution is -0.116. The van der Waals surface area contributed by atoms with Crippen molar-refractivity contribution in [2.45, 2.75) is 46.5 Å². The van der Waals surface area contributed by atoms with Crippen LogP contribution >= 0.6 is 24.8 Å². The molecule has 1 aromatic rings. The van der Waals surface area contributed by atoms with E-state index in [9.17, 15) is 4.79 Å². The van der Waals surface area contributed by atoms with Crippen molar-refractivity contribution in [2.75, 3.05) is 30.7 Å². The molecule has 23 heavy (non-hydrogen) atoms. The van der Waals surface area contributed by atoms with E-state index in [4.69, 9.17) is 5.73 Å². The van der Waals surface area contributed by atoms with Crippen LogP contribution in [0.3, 0.4) is 0 Å². The molecular formula is C17H31Cl2N3O. The number of anilines is 2. The van der Waals surface area contributed by atoms with E-state index in [1.165, 1.54) is 0 Å². The van der Waals surface area contributed by atoms with Gasteiger partial charge < -0.3 is 16.0 Å². The minimum absolute atomic E-state index is 0. The first-order chi connectivity index (χ1) is 10.1. The van der Waals surface area contributed by atoms with E-state index in [2.05, 4.69) is 24.1 Å². The van der Waals surface area contributed by atoms with Crippen LogP contribution in [-0.4, -0.2) is 30.4 Å². The van der Waals surface area contributed by atoms with Crippen molar-refractivity contribution in [3.63, 3.8) is 0 Å². The van der Waals surface area contributed by atoms with Crippen LogP contribution in [0.25, 0.3) is 0 Å². The molecule has 1 aromatic carbocycles. The summed E-state index contributed by atoms with van der Waals surface area (Å²) in [7, 11) is 0. The Labute approximate surface area is 153 Å². The largest absolute Gasteiger partial charge is 0.399 e. The maximum atomic E-state index is 12.0. The van der Waals surface area contributed by atoms with Gasteiger partial charge in [-0.25, -0.2) is 0 Å². The molecule has 6 heteroatoms. The summed E-state index contributed by atoms with van der Waals surface area (Å²) in [5, 5.41) is 2.95. The normalized spacial score (nSPS) is 9.91. The second kappa shape index (κ2) is 13.5. The lowest BCUT2D eigenvalue weighted by atomic mass is 10.1. The predicted molar refractivity (Wildman–Crippen MR) is 105 cm³/mol. The number of benzene rings is 1. The van der Waals surface area contributed by atoms with E-state index in [-0.39, 0.29) is 30.7 Å². The van der Waals surface area contributed by atoms with E-state index in [0.717, 1.165) is 50.1 Å². The lowest BCUT2D eigenvalue weighted by Gasteiger charge is -2.20. The molecule has 0 aliphatic heterocycles. The molecule has 0 radical (unpaired) electrons. The smallest absolute Gasteiger partial charge is 0.224 e. The first kappa shape index (κ1) is 24.3. The number of nitrogens with zero attached hydrogens (tertiary/aromatic N) is 1. The van der Waals surface area contributed by atoms with Crippen LogP contribution in [0.1, 0.15) is 45.1 Å². The van der Waals surface area contributed by atoms with Gasteiger partial charge in [0.2, 0.25) is 5.91 Å². The highest BCUT2D eigenvalue weighted by molar-refractivity contribution is 5.92. The molecule has 0 aliphatic rings. The molecule has 0 aromatic heterocycles. The fourth-order valence-corrected chi connectivity index (χ4v) is 2.42. The number of nitrogen functional groups attached to an aromatic ring is 1. The van der Waals surface area contributed by atoms with Gasteiger partial charge >= 0.3 is 0 Å². The van der Waals surface area contributed by atoms with Crippen LogP contribution in [0, 0.1) is 6.92 Å². The first-order valence-corrected chi connectivity index (χ1v) is 7.95. The van der Waals surface area contributed by atoms with Gasteiger partial charge in [-0.05, 0) is 63.5 Å². The summed E-state index contributed by atoms with van der Waals surface area (Å²) in [6, 6.07) is 5.58. The zero-order chi connectivity index (χ0) is 15.7. The highest BCUT2D eigenvalue weighted by Gasteiger charge is 2.07. The van der Waals surface area contributed by atoms with Gasteiger partial charge in [-0.3, -0.25) is 4.79 Å². The van der Waals surface area contributed by atoms with Crippen LogP contribution in [-0.2, 0) is 4.79 Å². The lowest BCUT2D eigenvalue weighted by Crippen LogP contribution is -2.27. The summed E-state index contributed by atoms with van der Waals surface area (Å²) in [6.07, 6.45) is 3.77. The zero-order valence-corrected chi connectivity index (χ0v) is 16.1. The Balaban J connectivity index is 0. The third kappa shape index (κ3) is 9.69. The Bertz CT molecular complexity index is 449. The van der Waals surface area contributed by atoms with Gasteiger partial charge in [-0.15, -0.1) is 24.8 Å². The maximum absolute atomic E-state index is 12.0. The van der Waals surface area contributed by atoms with Crippen molar-refractivity contribution in [3.8, 4) is 0 Å². The van der Waals surface area contributed by atoms with E-state index in [0.29, 0.717) is 12.1 Å². The molecule has 0 unspecified atom stereocenters. The van der Waals surface area contributed by atoms with Gasteiger partial charge in [0.25, 0.3) is 0 Å². The Morgan fingerprint density at radius 2 is 1.74 bits per heavy atom. The molecular weight excluding hydrogens is 333 g/mol.